The maximum absolute atomic E-state index is 12.5. The van der Waals surface area contributed by atoms with Crippen LogP contribution in [-0.2, 0) is 18.4 Å². The van der Waals surface area contributed by atoms with Gasteiger partial charge in [-0.15, -0.1) is 0 Å². The molecule has 1 heterocycles. The lowest BCUT2D eigenvalue weighted by molar-refractivity contribution is 0.0921. The van der Waals surface area contributed by atoms with E-state index in [2.05, 4.69) is 15.4 Å². The number of aryl methyl sites for hydroxylation is 1. The van der Waals surface area contributed by atoms with E-state index in [0.717, 1.165) is 11.4 Å². The zero-order valence-electron chi connectivity index (χ0n) is 13.4. The van der Waals surface area contributed by atoms with Gasteiger partial charge in [0.05, 0.1) is 12.6 Å². The lowest BCUT2D eigenvalue weighted by atomic mass is 10.0. The quantitative estimate of drug-likeness (QED) is 0.887. The third kappa shape index (κ3) is 3.71. The predicted octanol–water partition coefficient (Wildman–Crippen LogP) is 2.09. The van der Waals surface area contributed by atoms with Gasteiger partial charge in [-0.25, -0.2) is 4.98 Å². The Hall–Kier alpha value is -2.21. The minimum absolute atomic E-state index is 0.125. The molecule has 0 bridgehead atoms. The van der Waals surface area contributed by atoms with Crippen LogP contribution in [0.4, 0.5) is 0 Å². The second-order valence-corrected chi connectivity index (χ2v) is 5.57. The van der Waals surface area contributed by atoms with Crippen LogP contribution >= 0.6 is 0 Å². The number of amides is 1. The maximum atomic E-state index is 12.5. The van der Waals surface area contributed by atoms with E-state index < -0.39 is 0 Å². The van der Waals surface area contributed by atoms with Crippen LogP contribution in [0.1, 0.15) is 41.6 Å². The molecule has 0 fully saturated rings. The number of aromatic nitrogens is 3. The van der Waals surface area contributed by atoms with Crippen molar-refractivity contribution in [2.45, 2.75) is 26.5 Å². The highest BCUT2D eigenvalue weighted by atomic mass is 16.5. The molecule has 118 valence electrons. The van der Waals surface area contributed by atoms with E-state index in [4.69, 9.17) is 4.74 Å². The zero-order valence-corrected chi connectivity index (χ0v) is 13.4. The third-order valence-electron chi connectivity index (χ3n) is 3.48. The molecular weight excluding hydrogens is 280 g/mol. The van der Waals surface area contributed by atoms with Crippen LogP contribution in [0.15, 0.2) is 30.6 Å². The average molecular weight is 302 g/mol. The summed E-state index contributed by atoms with van der Waals surface area (Å²) in [5.74, 6) is 0.824. The van der Waals surface area contributed by atoms with Crippen LogP contribution < -0.4 is 5.32 Å². The number of rotatable bonds is 6. The fourth-order valence-electron chi connectivity index (χ4n) is 2.31. The van der Waals surface area contributed by atoms with E-state index in [-0.39, 0.29) is 17.9 Å². The molecule has 0 saturated heterocycles. The number of ether oxygens (including phenoxy) is 1. The van der Waals surface area contributed by atoms with Gasteiger partial charge in [-0.3, -0.25) is 9.48 Å². The van der Waals surface area contributed by atoms with Crippen molar-refractivity contribution >= 4 is 5.91 Å². The smallest absolute Gasteiger partial charge is 0.251 e. The molecule has 0 aliphatic rings. The van der Waals surface area contributed by atoms with Crippen molar-refractivity contribution in [2.75, 3.05) is 7.11 Å². The lowest BCUT2D eigenvalue weighted by Gasteiger charge is -2.21. The number of methoxy groups -OCH3 is 1. The normalized spacial score (nSPS) is 12.4. The molecule has 1 N–H and O–H groups in total. The predicted molar refractivity (Wildman–Crippen MR) is 83.2 cm³/mol. The summed E-state index contributed by atoms with van der Waals surface area (Å²) in [5, 5.41) is 7.12. The van der Waals surface area contributed by atoms with Gasteiger partial charge in [0.15, 0.2) is 0 Å². The van der Waals surface area contributed by atoms with Gasteiger partial charge in [-0.2, -0.15) is 5.10 Å². The van der Waals surface area contributed by atoms with Crippen LogP contribution in [-0.4, -0.2) is 27.8 Å². The van der Waals surface area contributed by atoms with Crippen LogP contribution in [0.2, 0.25) is 0 Å². The van der Waals surface area contributed by atoms with Gasteiger partial charge in [0.2, 0.25) is 0 Å². The fourth-order valence-corrected chi connectivity index (χ4v) is 2.31. The molecule has 1 unspecified atom stereocenters. The molecule has 1 aromatic heterocycles. The van der Waals surface area contributed by atoms with E-state index in [1.807, 2.05) is 39.1 Å². The summed E-state index contributed by atoms with van der Waals surface area (Å²) in [6, 6.07) is 7.24. The lowest BCUT2D eigenvalue weighted by Crippen LogP contribution is -2.33. The van der Waals surface area contributed by atoms with Crippen LogP contribution in [0.5, 0.6) is 0 Å². The van der Waals surface area contributed by atoms with Crippen molar-refractivity contribution in [3.63, 3.8) is 0 Å². The molecule has 2 aromatic rings. The summed E-state index contributed by atoms with van der Waals surface area (Å²) in [7, 11) is 3.46. The molecule has 22 heavy (non-hydrogen) atoms. The standard InChI is InChI=1S/C16H22N4O2/c1-11(2)14(15-17-10-18-20(15)3)19-16(21)13-7-5-6-12(8-13)9-22-4/h5-8,10-11,14H,9H2,1-4H3,(H,19,21). The van der Waals surface area contributed by atoms with Gasteiger partial charge >= 0.3 is 0 Å². The van der Waals surface area contributed by atoms with Crippen molar-refractivity contribution in [1.29, 1.82) is 0 Å². The van der Waals surface area contributed by atoms with Crippen molar-refractivity contribution in [2.24, 2.45) is 13.0 Å². The van der Waals surface area contributed by atoms with Gasteiger partial charge in [0.25, 0.3) is 5.91 Å². The number of carbonyl (C=O) groups excluding carboxylic acids is 1. The number of benzene rings is 1. The summed E-state index contributed by atoms with van der Waals surface area (Å²) >= 11 is 0. The average Bonchev–Trinajstić information content (AvgIpc) is 2.91. The second kappa shape index (κ2) is 7.17. The number of hydrogen-bond donors (Lipinski definition) is 1. The topological polar surface area (TPSA) is 69.0 Å². The van der Waals surface area contributed by atoms with Crippen molar-refractivity contribution < 1.29 is 9.53 Å². The third-order valence-corrected chi connectivity index (χ3v) is 3.48. The molecule has 1 amide bonds. The summed E-state index contributed by atoms with van der Waals surface area (Å²) < 4.78 is 6.79. The first-order chi connectivity index (χ1) is 10.5. The van der Waals surface area contributed by atoms with Crippen molar-refractivity contribution in [3.05, 3.63) is 47.5 Å². The molecule has 6 nitrogen and oxygen atoms in total. The van der Waals surface area contributed by atoms with Gasteiger partial charge in [-0.05, 0) is 23.6 Å². The van der Waals surface area contributed by atoms with Gasteiger partial charge in [-0.1, -0.05) is 26.0 Å². The molecule has 0 saturated carbocycles. The first-order valence-electron chi connectivity index (χ1n) is 7.25. The zero-order chi connectivity index (χ0) is 16.1. The Balaban J connectivity index is 2.18. The molecule has 0 aliphatic heterocycles. The van der Waals surface area contributed by atoms with Gasteiger partial charge in [0, 0.05) is 19.7 Å². The molecule has 2 rings (SSSR count). The SMILES string of the molecule is COCc1cccc(C(=O)NC(c2ncnn2C)C(C)C)c1. The number of nitrogens with one attached hydrogen (secondary N) is 1. The summed E-state index contributed by atoms with van der Waals surface area (Å²) in [6.45, 7) is 4.57. The van der Waals surface area contributed by atoms with E-state index in [0.29, 0.717) is 12.2 Å². The van der Waals surface area contributed by atoms with Crippen LogP contribution in [0.25, 0.3) is 0 Å². The number of nitrogens with zero attached hydrogens (tertiary/aromatic N) is 3. The molecule has 0 aliphatic carbocycles. The molecule has 1 atom stereocenters. The molecule has 0 spiro atoms. The van der Waals surface area contributed by atoms with Gasteiger partial charge < -0.3 is 10.1 Å². The Morgan fingerprint density at radius 3 is 2.77 bits per heavy atom. The van der Waals surface area contributed by atoms with E-state index in [9.17, 15) is 4.79 Å². The summed E-state index contributed by atoms with van der Waals surface area (Å²) in [4.78, 5) is 16.8. The number of carbonyl (C=O) groups is 1. The van der Waals surface area contributed by atoms with Crippen LogP contribution in [0.3, 0.4) is 0 Å². The Morgan fingerprint density at radius 1 is 1.41 bits per heavy atom. The Bertz CT molecular complexity index is 637. The molecular formula is C16H22N4O2. The maximum Gasteiger partial charge on any atom is 0.251 e. The van der Waals surface area contributed by atoms with E-state index >= 15 is 0 Å². The van der Waals surface area contributed by atoms with Crippen molar-refractivity contribution in [3.8, 4) is 0 Å². The number of hydrogen-bond acceptors (Lipinski definition) is 4. The summed E-state index contributed by atoms with van der Waals surface area (Å²) in [5.41, 5.74) is 1.58. The summed E-state index contributed by atoms with van der Waals surface area (Å²) in [6.07, 6.45) is 1.50. The first kappa shape index (κ1) is 16.2. The first-order valence-corrected chi connectivity index (χ1v) is 7.25. The highest BCUT2D eigenvalue weighted by Crippen LogP contribution is 2.19. The molecule has 1 aromatic carbocycles. The van der Waals surface area contributed by atoms with Gasteiger partial charge in [0.1, 0.15) is 12.2 Å². The van der Waals surface area contributed by atoms with Crippen LogP contribution in [0, 0.1) is 5.92 Å². The Labute approximate surface area is 130 Å². The largest absolute Gasteiger partial charge is 0.380 e. The Morgan fingerprint density at radius 2 is 2.18 bits per heavy atom. The van der Waals surface area contributed by atoms with E-state index in [1.165, 1.54) is 6.33 Å². The monoisotopic (exact) mass is 302 g/mol. The Kier molecular flexibility index (Phi) is 5.27. The highest BCUT2D eigenvalue weighted by molar-refractivity contribution is 5.94. The molecule has 6 heteroatoms. The molecule has 0 radical (unpaired) electrons. The minimum atomic E-state index is -0.189. The fraction of sp³-hybridized carbons (Fsp3) is 0.438. The minimum Gasteiger partial charge on any atom is -0.380 e. The van der Waals surface area contributed by atoms with E-state index in [1.54, 1.807) is 17.9 Å². The van der Waals surface area contributed by atoms with Crippen molar-refractivity contribution in [1.82, 2.24) is 20.1 Å². The second-order valence-electron chi connectivity index (χ2n) is 5.57. The highest BCUT2D eigenvalue weighted by Gasteiger charge is 2.23.